The van der Waals surface area contributed by atoms with Crippen molar-refractivity contribution in [3.8, 4) is 11.8 Å². The van der Waals surface area contributed by atoms with Gasteiger partial charge in [-0.25, -0.2) is 0 Å². The molecular weight excluding hydrogens is 608 g/mol. The summed E-state index contributed by atoms with van der Waals surface area (Å²) < 4.78 is 6.67. The van der Waals surface area contributed by atoms with Gasteiger partial charge in [0.25, 0.3) is 17.5 Å². The van der Waals surface area contributed by atoms with Crippen molar-refractivity contribution < 1.29 is 19.2 Å². The molecule has 2 N–H and O–H groups in total. The predicted molar refractivity (Wildman–Crippen MR) is 147 cm³/mol. The summed E-state index contributed by atoms with van der Waals surface area (Å²) in [5, 5.41) is 25.7. The topological polar surface area (TPSA) is 134 Å². The van der Waals surface area contributed by atoms with Gasteiger partial charge in [0.2, 0.25) is 0 Å². The predicted octanol–water partition coefficient (Wildman–Crippen LogP) is 6.30. The second-order valence-electron chi connectivity index (χ2n) is 7.83. The zero-order chi connectivity index (χ0) is 27.1. The van der Waals surface area contributed by atoms with E-state index in [2.05, 4.69) is 42.5 Å². The lowest BCUT2D eigenvalue weighted by Gasteiger charge is -2.13. The first-order valence-corrected chi connectivity index (χ1v) is 12.3. The second-order valence-corrected chi connectivity index (χ2v) is 9.54. The number of nitro groups is 1. The Balaban J connectivity index is 1.71. The summed E-state index contributed by atoms with van der Waals surface area (Å²) in [6.07, 6.45) is 1.36. The van der Waals surface area contributed by atoms with Crippen LogP contribution in [0.3, 0.4) is 0 Å². The number of benzene rings is 3. The lowest BCUT2D eigenvalue weighted by Crippen LogP contribution is -2.21. The van der Waals surface area contributed by atoms with Crippen molar-refractivity contribution in [2.75, 3.05) is 17.2 Å². The molecule has 0 fully saturated rings. The van der Waals surface area contributed by atoms with Crippen LogP contribution in [-0.2, 0) is 9.59 Å². The third-order valence-corrected chi connectivity index (χ3v) is 6.42. The average molecular weight is 628 g/mol. The van der Waals surface area contributed by atoms with E-state index in [1.165, 1.54) is 30.3 Å². The molecule has 9 nitrogen and oxygen atoms in total. The van der Waals surface area contributed by atoms with Gasteiger partial charge in [0, 0.05) is 23.5 Å². The third kappa shape index (κ3) is 7.25. The summed E-state index contributed by atoms with van der Waals surface area (Å²) in [5.74, 6) is -0.687. The Kier molecular flexibility index (Phi) is 9.16. The molecule has 3 aromatic carbocycles. The standard InChI is InChI=1S/C26H20Br2N4O5/c1-15-5-3-8-23(16(15)2)31-24(33)14-37-25-21(27)10-17(11-22(25)28)9-18(13-29)26(34)30-19-6-4-7-20(12-19)32(35)36/h3-12H,14H2,1-2H3,(H,30,34)(H,31,33)/b18-9-. The summed E-state index contributed by atoms with van der Waals surface area (Å²) >= 11 is 6.79. The first-order valence-electron chi connectivity index (χ1n) is 10.7. The van der Waals surface area contributed by atoms with Gasteiger partial charge < -0.3 is 15.4 Å². The molecule has 0 heterocycles. The van der Waals surface area contributed by atoms with Crippen LogP contribution in [0.25, 0.3) is 6.08 Å². The molecule has 0 saturated carbocycles. The molecule has 188 valence electrons. The van der Waals surface area contributed by atoms with E-state index in [-0.39, 0.29) is 29.5 Å². The summed E-state index contributed by atoms with van der Waals surface area (Å²) in [7, 11) is 0. The van der Waals surface area contributed by atoms with E-state index in [4.69, 9.17) is 4.74 Å². The van der Waals surface area contributed by atoms with E-state index in [9.17, 15) is 25.0 Å². The smallest absolute Gasteiger partial charge is 0.271 e. The number of amides is 2. The van der Waals surface area contributed by atoms with Crippen molar-refractivity contribution in [1.82, 2.24) is 0 Å². The zero-order valence-corrected chi connectivity index (χ0v) is 22.8. The molecule has 0 aromatic heterocycles. The van der Waals surface area contributed by atoms with Gasteiger partial charge in [0.15, 0.2) is 6.61 Å². The average Bonchev–Trinajstić information content (AvgIpc) is 2.85. The molecule has 0 aliphatic rings. The first kappa shape index (κ1) is 27.6. The quantitative estimate of drug-likeness (QED) is 0.130. The molecule has 11 heteroatoms. The van der Waals surface area contributed by atoms with Gasteiger partial charge in [-0.15, -0.1) is 0 Å². The summed E-state index contributed by atoms with van der Waals surface area (Å²) in [5.41, 5.74) is 3.01. The number of rotatable bonds is 8. The van der Waals surface area contributed by atoms with E-state index < -0.39 is 10.8 Å². The van der Waals surface area contributed by atoms with Gasteiger partial charge in [-0.2, -0.15) is 5.26 Å². The van der Waals surface area contributed by atoms with E-state index in [0.29, 0.717) is 25.9 Å². The first-order chi connectivity index (χ1) is 17.6. The van der Waals surface area contributed by atoms with Crippen LogP contribution in [0, 0.1) is 35.3 Å². The lowest BCUT2D eigenvalue weighted by atomic mass is 10.1. The Morgan fingerprint density at radius 1 is 1.08 bits per heavy atom. The number of nitriles is 1. The van der Waals surface area contributed by atoms with Gasteiger partial charge in [0.05, 0.1) is 13.9 Å². The molecule has 37 heavy (non-hydrogen) atoms. The van der Waals surface area contributed by atoms with Crippen LogP contribution in [0.1, 0.15) is 16.7 Å². The molecule has 0 aliphatic heterocycles. The largest absolute Gasteiger partial charge is 0.481 e. The van der Waals surface area contributed by atoms with Crippen molar-refractivity contribution in [3.63, 3.8) is 0 Å². The summed E-state index contributed by atoms with van der Waals surface area (Å²) in [6, 6.07) is 16.1. The van der Waals surface area contributed by atoms with Crippen LogP contribution < -0.4 is 15.4 Å². The highest BCUT2D eigenvalue weighted by Gasteiger charge is 2.15. The Labute approximate surface area is 229 Å². The Bertz CT molecular complexity index is 1440. The van der Waals surface area contributed by atoms with Gasteiger partial charge >= 0.3 is 0 Å². The highest BCUT2D eigenvalue weighted by Crippen LogP contribution is 2.35. The summed E-state index contributed by atoms with van der Waals surface area (Å²) in [4.78, 5) is 35.3. The maximum Gasteiger partial charge on any atom is 0.271 e. The van der Waals surface area contributed by atoms with Crippen LogP contribution in [0.15, 0.2) is 69.1 Å². The van der Waals surface area contributed by atoms with Crippen molar-refractivity contribution in [1.29, 1.82) is 5.26 Å². The number of ether oxygens (including phenoxy) is 1. The van der Waals surface area contributed by atoms with Gasteiger partial charge in [-0.05, 0) is 92.7 Å². The van der Waals surface area contributed by atoms with Crippen LogP contribution in [-0.4, -0.2) is 23.3 Å². The molecule has 0 unspecified atom stereocenters. The number of nitrogens with zero attached hydrogens (tertiary/aromatic N) is 2. The summed E-state index contributed by atoms with van der Waals surface area (Å²) in [6.45, 7) is 3.64. The Morgan fingerprint density at radius 2 is 1.76 bits per heavy atom. The monoisotopic (exact) mass is 626 g/mol. The number of nitro benzene ring substituents is 1. The molecule has 2 amide bonds. The second kappa shape index (κ2) is 12.3. The SMILES string of the molecule is Cc1cccc(NC(=O)COc2c(Br)cc(/C=C(/C#N)C(=O)Nc3cccc([N+](=O)[O-])c3)cc2Br)c1C. The number of nitrogens with one attached hydrogen (secondary N) is 2. The maximum atomic E-state index is 12.6. The molecule has 0 aliphatic carbocycles. The molecule has 0 atom stereocenters. The van der Waals surface area contributed by atoms with Crippen LogP contribution >= 0.6 is 31.9 Å². The van der Waals surface area contributed by atoms with Crippen LogP contribution in [0.4, 0.5) is 17.1 Å². The number of halogens is 2. The molecule has 0 bridgehead atoms. The molecule has 3 aromatic rings. The molecule has 0 spiro atoms. The number of aryl methyl sites for hydroxylation is 1. The fraction of sp³-hybridized carbons (Fsp3) is 0.115. The zero-order valence-electron chi connectivity index (χ0n) is 19.7. The number of hydrogen-bond acceptors (Lipinski definition) is 6. The molecule has 3 rings (SSSR count). The Hall–Kier alpha value is -4.01. The van der Waals surface area contributed by atoms with Gasteiger partial charge in [0.1, 0.15) is 17.4 Å². The number of carbonyl (C=O) groups excluding carboxylic acids is 2. The number of non-ortho nitro benzene ring substituents is 1. The van der Waals surface area contributed by atoms with Crippen LogP contribution in [0.2, 0.25) is 0 Å². The van der Waals surface area contributed by atoms with E-state index in [1.807, 2.05) is 38.1 Å². The van der Waals surface area contributed by atoms with E-state index >= 15 is 0 Å². The number of hydrogen-bond donors (Lipinski definition) is 2. The minimum absolute atomic E-state index is 0.186. The number of carbonyl (C=O) groups is 2. The maximum absolute atomic E-state index is 12.6. The van der Waals surface area contributed by atoms with Crippen molar-refractivity contribution in [2.24, 2.45) is 0 Å². The third-order valence-electron chi connectivity index (χ3n) is 5.24. The molecule has 0 radical (unpaired) electrons. The Morgan fingerprint density at radius 3 is 2.41 bits per heavy atom. The minimum Gasteiger partial charge on any atom is -0.481 e. The van der Waals surface area contributed by atoms with Crippen molar-refractivity contribution >= 4 is 66.8 Å². The fourth-order valence-electron chi connectivity index (χ4n) is 3.22. The van der Waals surface area contributed by atoms with Gasteiger partial charge in [-0.3, -0.25) is 19.7 Å². The molecule has 0 saturated heterocycles. The van der Waals surface area contributed by atoms with E-state index in [0.717, 1.165) is 11.1 Å². The number of anilines is 2. The fourth-order valence-corrected chi connectivity index (χ4v) is 4.67. The van der Waals surface area contributed by atoms with Crippen molar-refractivity contribution in [2.45, 2.75) is 13.8 Å². The lowest BCUT2D eigenvalue weighted by molar-refractivity contribution is -0.384. The highest BCUT2D eigenvalue weighted by atomic mass is 79.9. The minimum atomic E-state index is -0.723. The van der Waals surface area contributed by atoms with E-state index in [1.54, 1.807) is 12.1 Å². The highest BCUT2D eigenvalue weighted by molar-refractivity contribution is 9.11. The normalized spacial score (nSPS) is 10.8. The van der Waals surface area contributed by atoms with Crippen molar-refractivity contribution in [3.05, 3.63) is 95.9 Å². The van der Waals surface area contributed by atoms with Gasteiger partial charge in [-0.1, -0.05) is 18.2 Å². The molecular formula is C26H20Br2N4O5. The van der Waals surface area contributed by atoms with Crippen LogP contribution in [0.5, 0.6) is 5.75 Å².